The molecule has 1 saturated carbocycles. The Morgan fingerprint density at radius 2 is 1.95 bits per heavy atom. The molecule has 1 unspecified atom stereocenters. The van der Waals surface area contributed by atoms with Gasteiger partial charge in [0.2, 0.25) is 0 Å². The Labute approximate surface area is 123 Å². The SMILES string of the molecule is NCC1CCC(C(=O)OC2OC(=O)c3ccccc32)CC1. The van der Waals surface area contributed by atoms with E-state index in [0.717, 1.165) is 25.7 Å². The Balaban J connectivity index is 1.63. The number of hydrogen-bond donors (Lipinski definition) is 1. The molecule has 1 aromatic carbocycles. The van der Waals surface area contributed by atoms with Gasteiger partial charge in [0.1, 0.15) is 0 Å². The normalized spacial score (nSPS) is 27.9. The van der Waals surface area contributed by atoms with Crippen molar-refractivity contribution in [3.63, 3.8) is 0 Å². The van der Waals surface area contributed by atoms with Crippen LogP contribution >= 0.6 is 0 Å². The lowest BCUT2D eigenvalue weighted by Crippen LogP contribution is -2.27. The maximum Gasteiger partial charge on any atom is 0.342 e. The summed E-state index contributed by atoms with van der Waals surface area (Å²) in [6.45, 7) is 0.676. The fraction of sp³-hybridized carbons (Fsp3) is 0.500. The number of fused-ring (bicyclic) bond motifs is 1. The van der Waals surface area contributed by atoms with Crippen LogP contribution in [0.2, 0.25) is 0 Å². The molecule has 0 amide bonds. The van der Waals surface area contributed by atoms with E-state index in [9.17, 15) is 9.59 Å². The van der Waals surface area contributed by atoms with E-state index in [0.29, 0.717) is 23.6 Å². The first-order chi connectivity index (χ1) is 10.2. The molecule has 21 heavy (non-hydrogen) atoms. The van der Waals surface area contributed by atoms with Gasteiger partial charge in [0.25, 0.3) is 6.29 Å². The van der Waals surface area contributed by atoms with Crippen LogP contribution in [0.25, 0.3) is 0 Å². The van der Waals surface area contributed by atoms with Gasteiger partial charge in [0.15, 0.2) is 0 Å². The predicted octanol–water partition coefficient (Wildman–Crippen LogP) is 2.16. The molecule has 0 radical (unpaired) electrons. The van der Waals surface area contributed by atoms with Gasteiger partial charge in [-0.05, 0) is 44.2 Å². The second-order valence-corrected chi connectivity index (χ2v) is 5.71. The maximum atomic E-state index is 12.2. The van der Waals surface area contributed by atoms with Crippen molar-refractivity contribution in [3.8, 4) is 0 Å². The lowest BCUT2D eigenvalue weighted by atomic mass is 9.82. The molecule has 5 heteroatoms. The summed E-state index contributed by atoms with van der Waals surface area (Å²) in [4.78, 5) is 23.9. The van der Waals surface area contributed by atoms with Crippen LogP contribution in [0.5, 0.6) is 0 Å². The van der Waals surface area contributed by atoms with E-state index in [4.69, 9.17) is 15.2 Å². The van der Waals surface area contributed by atoms with Crippen molar-refractivity contribution in [2.45, 2.75) is 32.0 Å². The molecule has 0 aromatic heterocycles. The van der Waals surface area contributed by atoms with Crippen LogP contribution in [0.1, 0.15) is 47.9 Å². The Morgan fingerprint density at radius 1 is 1.24 bits per heavy atom. The van der Waals surface area contributed by atoms with Crippen molar-refractivity contribution in [1.29, 1.82) is 0 Å². The smallest absolute Gasteiger partial charge is 0.342 e. The molecule has 1 heterocycles. The molecule has 1 atom stereocenters. The highest BCUT2D eigenvalue weighted by molar-refractivity contribution is 5.94. The summed E-state index contributed by atoms with van der Waals surface area (Å²) >= 11 is 0. The number of carbonyl (C=O) groups excluding carboxylic acids is 2. The van der Waals surface area contributed by atoms with Crippen molar-refractivity contribution in [2.75, 3.05) is 6.54 Å². The summed E-state index contributed by atoms with van der Waals surface area (Å²) < 4.78 is 10.5. The Hall–Kier alpha value is -1.88. The molecule has 2 aliphatic rings. The third-order valence-corrected chi connectivity index (χ3v) is 4.39. The third-order valence-electron chi connectivity index (χ3n) is 4.39. The quantitative estimate of drug-likeness (QED) is 0.863. The number of cyclic esters (lactones) is 1. The van der Waals surface area contributed by atoms with Crippen molar-refractivity contribution in [1.82, 2.24) is 0 Å². The van der Waals surface area contributed by atoms with E-state index in [1.54, 1.807) is 24.3 Å². The van der Waals surface area contributed by atoms with Crippen molar-refractivity contribution < 1.29 is 19.1 Å². The zero-order valence-electron chi connectivity index (χ0n) is 11.8. The molecule has 3 rings (SSSR count). The number of hydrogen-bond acceptors (Lipinski definition) is 5. The van der Waals surface area contributed by atoms with E-state index in [-0.39, 0.29) is 11.9 Å². The van der Waals surface area contributed by atoms with Crippen LogP contribution in [0.3, 0.4) is 0 Å². The fourth-order valence-corrected chi connectivity index (χ4v) is 3.04. The standard InChI is InChI=1S/C16H19NO4/c17-9-10-5-7-11(8-6-10)14(18)20-16-13-4-2-1-3-12(13)15(19)21-16/h1-4,10-11,16H,5-9,17H2. The minimum Gasteiger partial charge on any atom is -0.420 e. The molecule has 1 fully saturated rings. The highest BCUT2D eigenvalue weighted by Gasteiger charge is 2.36. The summed E-state index contributed by atoms with van der Waals surface area (Å²) in [6, 6.07) is 6.99. The van der Waals surface area contributed by atoms with Crippen molar-refractivity contribution in [3.05, 3.63) is 35.4 Å². The molecule has 112 valence electrons. The van der Waals surface area contributed by atoms with Gasteiger partial charge in [-0.25, -0.2) is 4.79 Å². The van der Waals surface area contributed by atoms with Crippen LogP contribution in [-0.2, 0) is 14.3 Å². The highest BCUT2D eigenvalue weighted by Crippen LogP contribution is 2.34. The molecule has 0 bridgehead atoms. The first kappa shape index (κ1) is 14.1. The molecule has 0 saturated heterocycles. The van der Waals surface area contributed by atoms with E-state index in [1.807, 2.05) is 0 Å². The van der Waals surface area contributed by atoms with E-state index in [2.05, 4.69) is 0 Å². The number of ether oxygens (including phenoxy) is 2. The summed E-state index contributed by atoms with van der Waals surface area (Å²) in [5, 5.41) is 0. The van der Waals surface area contributed by atoms with Crippen LogP contribution in [0.4, 0.5) is 0 Å². The average Bonchev–Trinajstić information content (AvgIpc) is 2.84. The molecule has 2 N–H and O–H groups in total. The van der Waals surface area contributed by atoms with E-state index >= 15 is 0 Å². The summed E-state index contributed by atoms with van der Waals surface area (Å²) in [7, 11) is 0. The zero-order chi connectivity index (χ0) is 14.8. The zero-order valence-corrected chi connectivity index (χ0v) is 11.8. The van der Waals surface area contributed by atoms with Gasteiger partial charge in [-0.1, -0.05) is 18.2 Å². The third kappa shape index (κ3) is 2.78. The first-order valence-electron chi connectivity index (χ1n) is 7.39. The van der Waals surface area contributed by atoms with Crippen molar-refractivity contribution in [2.24, 2.45) is 17.6 Å². The molecule has 1 aliphatic heterocycles. The summed E-state index contributed by atoms with van der Waals surface area (Å²) in [6.07, 6.45) is 2.61. The molecular weight excluding hydrogens is 270 g/mol. The van der Waals surface area contributed by atoms with Gasteiger partial charge < -0.3 is 15.2 Å². The highest BCUT2D eigenvalue weighted by atomic mass is 16.7. The molecule has 1 aromatic rings. The second kappa shape index (κ2) is 5.85. The average molecular weight is 289 g/mol. The summed E-state index contributed by atoms with van der Waals surface area (Å²) in [5.41, 5.74) is 6.76. The molecule has 5 nitrogen and oxygen atoms in total. The number of rotatable bonds is 3. The van der Waals surface area contributed by atoms with Gasteiger partial charge in [-0.15, -0.1) is 0 Å². The van der Waals surface area contributed by atoms with Gasteiger partial charge in [-0.3, -0.25) is 4.79 Å². The van der Waals surface area contributed by atoms with Gasteiger partial charge in [-0.2, -0.15) is 0 Å². The minimum absolute atomic E-state index is 0.112. The Bertz CT molecular complexity index is 549. The van der Waals surface area contributed by atoms with Gasteiger partial charge in [0.05, 0.1) is 11.5 Å². The topological polar surface area (TPSA) is 78.6 Å². The van der Waals surface area contributed by atoms with Gasteiger partial charge in [0, 0.05) is 5.56 Å². The lowest BCUT2D eigenvalue weighted by molar-refractivity contribution is -0.174. The van der Waals surface area contributed by atoms with Crippen LogP contribution in [-0.4, -0.2) is 18.5 Å². The molecule has 0 spiro atoms. The molecule has 1 aliphatic carbocycles. The predicted molar refractivity (Wildman–Crippen MR) is 75.2 cm³/mol. The minimum atomic E-state index is -0.895. The van der Waals surface area contributed by atoms with E-state index in [1.165, 1.54) is 0 Å². The van der Waals surface area contributed by atoms with Gasteiger partial charge >= 0.3 is 11.9 Å². The van der Waals surface area contributed by atoms with Crippen molar-refractivity contribution >= 4 is 11.9 Å². The van der Waals surface area contributed by atoms with Crippen LogP contribution in [0, 0.1) is 11.8 Å². The summed E-state index contributed by atoms with van der Waals surface area (Å²) in [5.74, 6) is -0.312. The fourth-order valence-electron chi connectivity index (χ4n) is 3.04. The van der Waals surface area contributed by atoms with E-state index < -0.39 is 12.3 Å². The Kier molecular flexibility index (Phi) is 3.92. The Morgan fingerprint density at radius 3 is 2.67 bits per heavy atom. The first-order valence-corrected chi connectivity index (χ1v) is 7.39. The number of esters is 2. The second-order valence-electron chi connectivity index (χ2n) is 5.71. The number of benzene rings is 1. The maximum absolute atomic E-state index is 12.2. The lowest BCUT2D eigenvalue weighted by Gasteiger charge is -2.26. The monoisotopic (exact) mass is 289 g/mol. The number of carbonyl (C=O) groups is 2. The largest absolute Gasteiger partial charge is 0.420 e. The van der Waals surface area contributed by atoms with Crippen LogP contribution in [0.15, 0.2) is 24.3 Å². The van der Waals surface area contributed by atoms with Crippen LogP contribution < -0.4 is 5.73 Å². The number of nitrogens with two attached hydrogens (primary N) is 1. The molecular formula is C16H19NO4.